The van der Waals surface area contributed by atoms with Gasteiger partial charge in [-0.3, -0.25) is 10.1 Å². The molecule has 0 aromatic carbocycles. The summed E-state index contributed by atoms with van der Waals surface area (Å²) in [6.45, 7) is 4.07. The fourth-order valence-corrected chi connectivity index (χ4v) is 4.03. The number of carbonyl (C=O) groups is 1. The van der Waals surface area contributed by atoms with Crippen molar-refractivity contribution in [1.82, 2.24) is 10.2 Å². The van der Waals surface area contributed by atoms with Crippen molar-refractivity contribution in [1.29, 1.82) is 0 Å². The van der Waals surface area contributed by atoms with Crippen LogP contribution in [0.25, 0.3) is 0 Å². The number of rotatable bonds is 2. The summed E-state index contributed by atoms with van der Waals surface area (Å²) in [5.41, 5.74) is 0. The molecule has 1 saturated carbocycles. The molecule has 0 aromatic heterocycles. The van der Waals surface area contributed by atoms with Crippen molar-refractivity contribution in [2.75, 3.05) is 6.26 Å². The molecule has 92 valence electrons. The number of carbonyl (C=O) groups excluding carboxylic acids is 1. The van der Waals surface area contributed by atoms with Crippen molar-refractivity contribution in [2.45, 2.75) is 63.0 Å². The third kappa shape index (κ3) is 2.09. The number of hydrogen-bond donors (Lipinski definition) is 1. The first-order chi connectivity index (χ1) is 7.65. The van der Waals surface area contributed by atoms with Gasteiger partial charge in [0.2, 0.25) is 5.91 Å². The van der Waals surface area contributed by atoms with Crippen LogP contribution in [0.5, 0.6) is 0 Å². The molecule has 1 N–H and O–H groups in total. The maximum Gasteiger partial charge on any atom is 0.241 e. The van der Waals surface area contributed by atoms with Gasteiger partial charge in [-0.2, -0.15) is 11.8 Å². The van der Waals surface area contributed by atoms with Crippen molar-refractivity contribution in [2.24, 2.45) is 0 Å². The van der Waals surface area contributed by atoms with Gasteiger partial charge in [-0.25, -0.2) is 0 Å². The second-order valence-corrected chi connectivity index (χ2v) is 6.01. The zero-order valence-corrected chi connectivity index (χ0v) is 11.2. The molecular weight excluding hydrogens is 220 g/mol. The van der Waals surface area contributed by atoms with Crippen LogP contribution in [0.2, 0.25) is 0 Å². The molecule has 16 heavy (non-hydrogen) atoms. The normalized spacial score (nSPS) is 40.4. The molecule has 1 aliphatic heterocycles. The third-order valence-corrected chi connectivity index (χ3v) is 5.02. The quantitative estimate of drug-likeness (QED) is 0.802. The summed E-state index contributed by atoms with van der Waals surface area (Å²) in [5, 5.41) is 3.96. The molecule has 4 unspecified atom stereocenters. The first kappa shape index (κ1) is 12.2. The van der Waals surface area contributed by atoms with Gasteiger partial charge in [0, 0.05) is 11.3 Å². The number of nitrogens with one attached hydrogen (secondary N) is 1. The van der Waals surface area contributed by atoms with Crippen molar-refractivity contribution in [3.8, 4) is 0 Å². The minimum Gasteiger partial charge on any atom is -0.322 e. The molecule has 1 heterocycles. The van der Waals surface area contributed by atoms with Crippen LogP contribution in [0.15, 0.2) is 0 Å². The van der Waals surface area contributed by atoms with Crippen LogP contribution in [0.3, 0.4) is 0 Å². The van der Waals surface area contributed by atoms with E-state index in [1.807, 2.05) is 18.7 Å². The van der Waals surface area contributed by atoms with E-state index in [0.29, 0.717) is 17.2 Å². The van der Waals surface area contributed by atoms with E-state index >= 15 is 0 Å². The Morgan fingerprint density at radius 3 is 2.56 bits per heavy atom. The molecule has 2 rings (SSSR count). The van der Waals surface area contributed by atoms with Crippen LogP contribution >= 0.6 is 11.8 Å². The summed E-state index contributed by atoms with van der Waals surface area (Å²) < 4.78 is 0. The zero-order valence-electron chi connectivity index (χ0n) is 10.4. The Kier molecular flexibility index (Phi) is 3.80. The number of thioether (sulfide) groups is 1. The van der Waals surface area contributed by atoms with Gasteiger partial charge >= 0.3 is 0 Å². The topological polar surface area (TPSA) is 32.3 Å². The van der Waals surface area contributed by atoms with Crippen LogP contribution in [0, 0.1) is 0 Å². The first-order valence-electron chi connectivity index (χ1n) is 6.26. The molecule has 0 aromatic rings. The van der Waals surface area contributed by atoms with E-state index in [1.54, 1.807) is 0 Å². The monoisotopic (exact) mass is 242 g/mol. The highest BCUT2D eigenvalue weighted by Gasteiger charge is 2.41. The van der Waals surface area contributed by atoms with E-state index in [9.17, 15) is 4.79 Å². The lowest BCUT2D eigenvalue weighted by molar-refractivity contribution is -0.132. The summed E-state index contributed by atoms with van der Waals surface area (Å²) in [7, 11) is 0. The summed E-state index contributed by atoms with van der Waals surface area (Å²) in [6.07, 6.45) is 7.41. The number of amides is 1. The van der Waals surface area contributed by atoms with Crippen LogP contribution in [0.1, 0.15) is 39.5 Å². The summed E-state index contributed by atoms with van der Waals surface area (Å²) in [4.78, 5) is 14.2. The molecule has 1 amide bonds. The van der Waals surface area contributed by atoms with Gasteiger partial charge in [-0.05, 0) is 32.9 Å². The van der Waals surface area contributed by atoms with E-state index in [2.05, 4.69) is 23.4 Å². The Balaban J connectivity index is 2.12. The third-order valence-electron chi connectivity index (χ3n) is 3.86. The van der Waals surface area contributed by atoms with Gasteiger partial charge in [0.1, 0.15) is 0 Å². The van der Waals surface area contributed by atoms with Gasteiger partial charge in [0.25, 0.3) is 0 Å². The van der Waals surface area contributed by atoms with Crippen molar-refractivity contribution >= 4 is 17.7 Å². The van der Waals surface area contributed by atoms with Crippen molar-refractivity contribution in [3.05, 3.63) is 0 Å². The summed E-state index contributed by atoms with van der Waals surface area (Å²) in [5.74, 6) is 0.290. The van der Waals surface area contributed by atoms with Crippen LogP contribution in [-0.2, 0) is 4.79 Å². The van der Waals surface area contributed by atoms with Gasteiger partial charge < -0.3 is 4.90 Å². The van der Waals surface area contributed by atoms with Crippen molar-refractivity contribution < 1.29 is 4.79 Å². The van der Waals surface area contributed by atoms with E-state index in [1.165, 1.54) is 25.7 Å². The lowest BCUT2D eigenvalue weighted by Crippen LogP contribution is -2.49. The zero-order chi connectivity index (χ0) is 11.7. The predicted molar refractivity (Wildman–Crippen MR) is 68.5 cm³/mol. The Morgan fingerprint density at radius 2 is 2.00 bits per heavy atom. The second-order valence-electron chi connectivity index (χ2n) is 4.94. The van der Waals surface area contributed by atoms with Gasteiger partial charge in [0.05, 0.1) is 12.2 Å². The van der Waals surface area contributed by atoms with Gasteiger partial charge in [0.15, 0.2) is 0 Å². The molecule has 1 saturated heterocycles. The van der Waals surface area contributed by atoms with E-state index < -0.39 is 0 Å². The number of nitrogens with zero attached hydrogens (tertiary/aromatic N) is 1. The Hall–Kier alpha value is -0.220. The average molecular weight is 242 g/mol. The van der Waals surface area contributed by atoms with Gasteiger partial charge in [-0.1, -0.05) is 12.8 Å². The minimum atomic E-state index is -0.000525. The Labute approximate surface area is 102 Å². The van der Waals surface area contributed by atoms with E-state index in [0.717, 1.165) is 0 Å². The van der Waals surface area contributed by atoms with Crippen molar-refractivity contribution in [3.63, 3.8) is 0 Å². The van der Waals surface area contributed by atoms with Gasteiger partial charge in [-0.15, -0.1) is 0 Å². The summed E-state index contributed by atoms with van der Waals surface area (Å²) >= 11 is 1.92. The molecule has 0 spiro atoms. The second kappa shape index (κ2) is 4.96. The maximum absolute atomic E-state index is 12.1. The highest BCUT2D eigenvalue weighted by atomic mass is 32.2. The smallest absolute Gasteiger partial charge is 0.241 e. The van der Waals surface area contributed by atoms with Crippen LogP contribution in [0.4, 0.5) is 0 Å². The fraction of sp³-hybridized carbons (Fsp3) is 0.917. The van der Waals surface area contributed by atoms with E-state index in [-0.39, 0.29) is 12.2 Å². The Bertz CT molecular complexity index is 272. The number of hydrogen-bond acceptors (Lipinski definition) is 3. The molecule has 2 fully saturated rings. The van der Waals surface area contributed by atoms with Crippen LogP contribution < -0.4 is 5.32 Å². The largest absolute Gasteiger partial charge is 0.322 e. The molecule has 4 heteroatoms. The molecule has 4 atom stereocenters. The summed E-state index contributed by atoms with van der Waals surface area (Å²) in [6, 6.07) is 0.447. The molecule has 1 aliphatic carbocycles. The molecule has 0 radical (unpaired) electrons. The lowest BCUT2D eigenvalue weighted by atomic mass is 9.93. The Morgan fingerprint density at radius 1 is 1.31 bits per heavy atom. The standard InChI is InChI=1S/C12H22N2OS/c1-8-12(15)14(9(2)13-8)10-6-4-5-7-11(10)16-3/h8-11,13H,4-7H2,1-3H3. The predicted octanol–water partition coefficient (Wildman–Crippen LogP) is 1.83. The lowest BCUT2D eigenvalue weighted by Gasteiger charge is -2.39. The van der Waals surface area contributed by atoms with Crippen LogP contribution in [-0.4, -0.2) is 40.6 Å². The molecular formula is C12H22N2OS. The average Bonchev–Trinajstić information content (AvgIpc) is 2.53. The maximum atomic E-state index is 12.1. The minimum absolute atomic E-state index is 0.000525. The molecule has 0 bridgehead atoms. The first-order valence-corrected chi connectivity index (χ1v) is 7.55. The molecule has 3 nitrogen and oxygen atoms in total. The highest BCUT2D eigenvalue weighted by molar-refractivity contribution is 7.99. The highest BCUT2D eigenvalue weighted by Crippen LogP contribution is 2.33. The molecule has 2 aliphatic rings. The van der Waals surface area contributed by atoms with E-state index in [4.69, 9.17) is 0 Å². The fourth-order valence-electron chi connectivity index (χ4n) is 3.05. The SMILES string of the molecule is CSC1CCCCC1N1C(=O)C(C)NC1C.